The Bertz CT molecular complexity index is 393. The number of anilines is 1. The lowest BCUT2D eigenvalue weighted by atomic mass is 10.0. The molecule has 1 aliphatic heterocycles. The van der Waals surface area contributed by atoms with Gasteiger partial charge in [0.05, 0.1) is 0 Å². The average Bonchev–Trinajstić information content (AvgIpc) is 2.46. The van der Waals surface area contributed by atoms with Gasteiger partial charge in [0.25, 0.3) is 0 Å². The van der Waals surface area contributed by atoms with E-state index in [2.05, 4.69) is 65.4 Å². The first kappa shape index (κ1) is 15.3. The van der Waals surface area contributed by atoms with E-state index in [-0.39, 0.29) is 0 Å². The normalized spacial score (nSPS) is 19.0. The molecule has 1 atom stereocenters. The van der Waals surface area contributed by atoms with Crippen LogP contribution in [0.2, 0.25) is 0 Å². The summed E-state index contributed by atoms with van der Waals surface area (Å²) >= 11 is 0. The van der Waals surface area contributed by atoms with E-state index in [0.717, 1.165) is 32.7 Å². The van der Waals surface area contributed by atoms with Crippen molar-refractivity contribution >= 4 is 5.69 Å². The van der Waals surface area contributed by atoms with Crippen LogP contribution in [0.4, 0.5) is 5.69 Å². The monoisotopic (exact) mass is 276 g/mol. The van der Waals surface area contributed by atoms with Crippen LogP contribution in [-0.4, -0.2) is 70.7 Å². The summed E-state index contributed by atoms with van der Waals surface area (Å²) < 4.78 is 0. The molecule has 1 fully saturated rings. The predicted octanol–water partition coefficient (Wildman–Crippen LogP) is 1.26. The predicted molar refractivity (Wildman–Crippen MR) is 86.5 cm³/mol. The fourth-order valence-electron chi connectivity index (χ4n) is 2.78. The number of hydrogen-bond donors (Lipinski definition) is 1. The van der Waals surface area contributed by atoms with Gasteiger partial charge in [0.1, 0.15) is 0 Å². The first-order valence-electron chi connectivity index (χ1n) is 7.46. The number of likely N-dealkylation sites (N-methyl/N-ethyl adjacent to an activating group) is 2. The molecule has 0 saturated carbocycles. The summed E-state index contributed by atoms with van der Waals surface area (Å²) in [7, 11) is 8.41. The molecule has 0 aliphatic carbocycles. The van der Waals surface area contributed by atoms with Crippen molar-refractivity contribution in [2.75, 3.05) is 65.8 Å². The number of piperazine rings is 1. The fraction of sp³-hybridized carbons (Fsp3) is 0.625. The lowest BCUT2D eigenvalue weighted by Gasteiger charge is -2.38. The van der Waals surface area contributed by atoms with E-state index in [1.165, 1.54) is 11.3 Å². The van der Waals surface area contributed by atoms with Crippen molar-refractivity contribution in [2.45, 2.75) is 6.04 Å². The molecular formula is C16H28N4. The van der Waals surface area contributed by atoms with E-state index in [4.69, 9.17) is 0 Å². The summed E-state index contributed by atoms with van der Waals surface area (Å²) in [6.07, 6.45) is 0. The third kappa shape index (κ3) is 3.72. The Hall–Kier alpha value is -1.10. The highest BCUT2D eigenvalue weighted by Gasteiger charge is 2.23. The molecule has 0 radical (unpaired) electrons. The highest BCUT2D eigenvalue weighted by atomic mass is 15.3. The Labute approximate surface area is 123 Å². The Morgan fingerprint density at radius 3 is 2.20 bits per heavy atom. The van der Waals surface area contributed by atoms with Gasteiger partial charge in [0, 0.05) is 58.5 Å². The van der Waals surface area contributed by atoms with E-state index in [1.54, 1.807) is 0 Å². The van der Waals surface area contributed by atoms with E-state index < -0.39 is 0 Å². The van der Waals surface area contributed by atoms with Gasteiger partial charge < -0.3 is 15.1 Å². The summed E-state index contributed by atoms with van der Waals surface area (Å²) in [5, 5.41) is 3.35. The number of rotatable bonds is 5. The molecule has 1 aliphatic rings. The van der Waals surface area contributed by atoms with E-state index in [1.807, 2.05) is 7.05 Å². The molecule has 1 aromatic carbocycles. The summed E-state index contributed by atoms with van der Waals surface area (Å²) in [4.78, 5) is 7.15. The number of nitrogens with one attached hydrogen (secondary N) is 1. The molecule has 1 unspecified atom stereocenters. The average molecular weight is 276 g/mol. The van der Waals surface area contributed by atoms with Crippen LogP contribution < -0.4 is 10.2 Å². The quantitative estimate of drug-likeness (QED) is 0.874. The van der Waals surface area contributed by atoms with Gasteiger partial charge in [-0.25, -0.2) is 0 Å². The fourth-order valence-corrected chi connectivity index (χ4v) is 2.78. The zero-order chi connectivity index (χ0) is 14.5. The maximum atomic E-state index is 3.35. The molecule has 4 nitrogen and oxygen atoms in total. The van der Waals surface area contributed by atoms with Gasteiger partial charge in [-0.2, -0.15) is 0 Å². The van der Waals surface area contributed by atoms with Gasteiger partial charge in [0.15, 0.2) is 0 Å². The van der Waals surface area contributed by atoms with Crippen molar-refractivity contribution in [1.82, 2.24) is 15.1 Å². The van der Waals surface area contributed by atoms with Crippen LogP contribution in [0, 0.1) is 0 Å². The molecule has 112 valence electrons. The maximum Gasteiger partial charge on any atom is 0.0473 e. The molecule has 1 N–H and O–H groups in total. The van der Waals surface area contributed by atoms with Crippen molar-refractivity contribution < 1.29 is 0 Å². The second kappa shape index (κ2) is 7.07. The SMILES string of the molecule is CNCC(c1ccc(N(C)C)cc1)N1CCN(C)CC1. The first-order valence-corrected chi connectivity index (χ1v) is 7.46. The van der Waals surface area contributed by atoms with Crippen molar-refractivity contribution in [3.63, 3.8) is 0 Å². The van der Waals surface area contributed by atoms with E-state index in [9.17, 15) is 0 Å². The van der Waals surface area contributed by atoms with Gasteiger partial charge in [-0.15, -0.1) is 0 Å². The van der Waals surface area contributed by atoms with Crippen molar-refractivity contribution in [3.05, 3.63) is 29.8 Å². The molecule has 0 aromatic heterocycles. The topological polar surface area (TPSA) is 21.8 Å². The lowest BCUT2D eigenvalue weighted by Crippen LogP contribution is -2.47. The number of hydrogen-bond acceptors (Lipinski definition) is 4. The minimum atomic E-state index is 0.477. The Balaban J connectivity index is 2.11. The van der Waals surface area contributed by atoms with Crippen LogP contribution in [0.25, 0.3) is 0 Å². The zero-order valence-corrected chi connectivity index (χ0v) is 13.3. The molecule has 20 heavy (non-hydrogen) atoms. The minimum Gasteiger partial charge on any atom is -0.378 e. The molecule has 1 saturated heterocycles. The Morgan fingerprint density at radius 2 is 1.70 bits per heavy atom. The van der Waals surface area contributed by atoms with Gasteiger partial charge in [-0.05, 0) is 31.8 Å². The summed E-state index contributed by atoms with van der Waals surface area (Å²) in [5.41, 5.74) is 2.67. The molecule has 0 amide bonds. The highest BCUT2D eigenvalue weighted by Crippen LogP contribution is 2.23. The largest absolute Gasteiger partial charge is 0.378 e. The second-order valence-electron chi connectivity index (χ2n) is 5.90. The van der Waals surface area contributed by atoms with E-state index in [0.29, 0.717) is 6.04 Å². The molecular weight excluding hydrogens is 248 g/mol. The van der Waals surface area contributed by atoms with Crippen LogP contribution in [0.1, 0.15) is 11.6 Å². The second-order valence-corrected chi connectivity index (χ2v) is 5.90. The van der Waals surface area contributed by atoms with Gasteiger partial charge in [-0.1, -0.05) is 12.1 Å². The molecule has 4 heteroatoms. The summed E-state index contributed by atoms with van der Waals surface area (Å²) in [5.74, 6) is 0. The third-order valence-electron chi connectivity index (χ3n) is 4.17. The lowest BCUT2D eigenvalue weighted by molar-refractivity contribution is 0.111. The minimum absolute atomic E-state index is 0.477. The molecule has 0 spiro atoms. The van der Waals surface area contributed by atoms with Crippen LogP contribution in [0.15, 0.2) is 24.3 Å². The maximum absolute atomic E-state index is 3.35. The number of nitrogens with zero attached hydrogens (tertiary/aromatic N) is 3. The van der Waals surface area contributed by atoms with Crippen molar-refractivity contribution in [3.8, 4) is 0 Å². The Kier molecular flexibility index (Phi) is 5.40. The zero-order valence-electron chi connectivity index (χ0n) is 13.3. The van der Waals surface area contributed by atoms with Gasteiger partial charge in [0.2, 0.25) is 0 Å². The molecule has 1 heterocycles. The standard InChI is InChI=1S/C16H28N4/c1-17-13-16(20-11-9-19(4)10-12-20)14-5-7-15(8-6-14)18(2)3/h5-8,16-17H,9-13H2,1-4H3. The smallest absolute Gasteiger partial charge is 0.0473 e. The van der Waals surface area contributed by atoms with Crippen molar-refractivity contribution in [2.24, 2.45) is 0 Å². The number of benzene rings is 1. The van der Waals surface area contributed by atoms with E-state index >= 15 is 0 Å². The molecule has 1 aromatic rings. The van der Waals surface area contributed by atoms with Gasteiger partial charge in [-0.3, -0.25) is 4.90 Å². The van der Waals surface area contributed by atoms with Crippen LogP contribution in [0.3, 0.4) is 0 Å². The third-order valence-corrected chi connectivity index (χ3v) is 4.17. The van der Waals surface area contributed by atoms with Crippen LogP contribution in [-0.2, 0) is 0 Å². The highest BCUT2D eigenvalue weighted by molar-refractivity contribution is 5.46. The van der Waals surface area contributed by atoms with Crippen LogP contribution in [0.5, 0.6) is 0 Å². The molecule has 0 bridgehead atoms. The Morgan fingerprint density at radius 1 is 1.10 bits per heavy atom. The molecule has 2 rings (SSSR count). The van der Waals surface area contributed by atoms with Crippen molar-refractivity contribution in [1.29, 1.82) is 0 Å². The van der Waals surface area contributed by atoms with Crippen LogP contribution >= 0.6 is 0 Å². The first-order chi connectivity index (χ1) is 9.61. The summed E-state index contributed by atoms with van der Waals surface area (Å²) in [6, 6.07) is 9.46. The summed E-state index contributed by atoms with van der Waals surface area (Å²) in [6.45, 7) is 5.63. The van der Waals surface area contributed by atoms with Gasteiger partial charge >= 0.3 is 0 Å².